The second-order valence-corrected chi connectivity index (χ2v) is 4.62. The second kappa shape index (κ2) is 4.61. The zero-order chi connectivity index (χ0) is 13.3. The van der Waals surface area contributed by atoms with E-state index in [0.717, 1.165) is 0 Å². The van der Waals surface area contributed by atoms with Crippen molar-refractivity contribution in [2.75, 3.05) is 5.32 Å². The van der Waals surface area contributed by atoms with Gasteiger partial charge in [0.25, 0.3) is 5.91 Å². The van der Waals surface area contributed by atoms with E-state index in [9.17, 15) is 9.59 Å². The molecule has 0 aliphatic heterocycles. The first-order valence-corrected chi connectivity index (χ1v) is 6.00. The minimum Gasteiger partial charge on any atom is -0.477 e. The highest BCUT2D eigenvalue weighted by atomic mass is 32.1. The van der Waals surface area contributed by atoms with Crippen molar-refractivity contribution in [1.82, 2.24) is 9.78 Å². The first kappa shape index (κ1) is 12.3. The number of hydrogen-bond donors (Lipinski definition) is 2. The van der Waals surface area contributed by atoms with Crippen molar-refractivity contribution < 1.29 is 14.7 Å². The topological polar surface area (TPSA) is 84.2 Å². The van der Waals surface area contributed by atoms with E-state index in [0.29, 0.717) is 10.6 Å². The largest absolute Gasteiger partial charge is 0.477 e. The summed E-state index contributed by atoms with van der Waals surface area (Å²) in [4.78, 5) is 23.5. The van der Waals surface area contributed by atoms with Gasteiger partial charge in [-0.15, -0.1) is 11.3 Å². The third-order valence-electron chi connectivity index (χ3n) is 2.41. The summed E-state index contributed by atoms with van der Waals surface area (Å²) in [6.07, 6.45) is 0. The molecule has 0 radical (unpaired) electrons. The fraction of sp³-hybridized carbons (Fsp3) is 0.182. The molecule has 2 heterocycles. The Balaban J connectivity index is 2.35. The molecule has 0 saturated heterocycles. The number of carboxylic acids is 1. The van der Waals surface area contributed by atoms with Gasteiger partial charge >= 0.3 is 5.97 Å². The second-order valence-electron chi connectivity index (χ2n) is 3.67. The minimum absolute atomic E-state index is 0.0161. The molecule has 2 aromatic heterocycles. The molecule has 0 bridgehead atoms. The molecule has 0 unspecified atom stereocenters. The summed E-state index contributed by atoms with van der Waals surface area (Å²) in [5.74, 6) is -1.25. The molecule has 0 aliphatic carbocycles. The molecule has 0 aliphatic rings. The molecule has 0 saturated carbocycles. The molecule has 7 heteroatoms. The molecule has 0 spiro atoms. The van der Waals surface area contributed by atoms with Crippen LogP contribution in [0.1, 0.15) is 25.7 Å². The van der Waals surface area contributed by atoms with Crippen molar-refractivity contribution >= 4 is 29.0 Å². The normalized spacial score (nSPS) is 10.3. The first-order chi connectivity index (χ1) is 8.50. The summed E-state index contributed by atoms with van der Waals surface area (Å²) in [6, 6.07) is 3.43. The Morgan fingerprint density at radius 3 is 2.78 bits per heavy atom. The molecule has 0 aromatic carbocycles. The van der Waals surface area contributed by atoms with Gasteiger partial charge in [-0.3, -0.25) is 9.48 Å². The van der Waals surface area contributed by atoms with E-state index in [-0.39, 0.29) is 17.3 Å². The van der Waals surface area contributed by atoms with Crippen LogP contribution in [0.15, 0.2) is 17.5 Å². The van der Waals surface area contributed by atoms with Crippen LogP contribution in [-0.2, 0) is 7.05 Å². The van der Waals surface area contributed by atoms with Gasteiger partial charge in [0, 0.05) is 7.05 Å². The summed E-state index contributed by atoms with van der Waals surface area (Å²) in [7, 11) is 1.59. The Morgan fingerprint density at radius 2 is 2.22 bits per heavy atom. The predicted molar refractivity (Wildman–Crippen MR) is 67.2 cm³/mol. The molecule has 2 N–H and O–H groups in total. The number of amides is 1. The zero-order valence-corrected chi connectivity index (χ0v) is 10.6. The Kier molecular flexibility index (Phi) is 3.15. The molecule has 6 nitrogen and oxygen atoms in total. The van der Waals surface area contributed by atoms with Gasteiger partial charge in [0.05, 0.1) is 10.6 Å². The molecule has 18 heavy (non-hydrogen) atoms. The Labute approximate surface area is 107 Å². The number of nitrogens with one attached hydrogen (secondary N) is 1. The zero-order valence-electron chi connectivity index (χ0n) is 9.80. The average molecular weight is 265 g/mol. The highest BCUT2D eigenvalue weighted by molar-refractivity contribution is 7.12. The number of carbonyl (C=O) groups is 2. The molecule has 2 aromatic rings. The third kappa shape index (κ3) is 2.12. The lowest BCUT2D eigenvalue weighted by atomic mass is 10.2. The maximum atomic E-state index is 11.9. The summed E-state index contributed by atoms with van der Waals surface area (Å²) in [6.45, 7) is 1.59. The number of carbonyl (C=O) groups excluding carboxylic acids is 1. The maximum Gasteiger partial charge on any atom is 0.341 e. The van der Waals surface area contributed by atoms with E-state index >= 15 is 0 Å². The van der Waals surface area contributed by atoms with Gasteiger partial charge in [-0.25, -0.2) is 4.79 Å². The van der Waals surface area contributed by atoms with Crippen LogP contribution < -0.4 is 5.32 Å². The number of rotatable bonds is 3. The van der Waals surface area contributed by atoms with Crippen LogP contribution in [0, 0.1) is 6.92 Å². The number of anilines is 1. The third-order valence-corrected chi connectivity index (χ3v) is 3.28. The van der Waals surface area contributed by atoms with Crippen LogP contribution in [-0.4, -0.2) is 26.8 Å². The van der Waals surface area contributed by atoms with E-state index in [2.05, 4.69) is 10.4 Å². The van der Waals surface area contributed by atoms with E-state index < -0.39 is 5.97 Å². The van der Waals surface area contributed by atoms with Gasteiger partial charge < -0.3 is 10.4 Å². The molecular formula is C11H11N3O3S. The quantitative estimate of drug-likeness (QED) is 0.885. The lowest BCUT2D eigenvalue weighted by molar-refractivity contribution is 0.0697. The van der Waals surface area contributed by atoms with Crippen molar-refractivity contribution in [2.24, 2.45) is 7.05 Å². The summed E-state index contributed by atoms with van der Waals surface area (Å²) in [5, 5.41) is 17.4. The molecular weight excluding hydrogens is 254 g/mol. The molecule has 0 fully saturated rings. The molecule has 1 amide bonds. The lowest BCUT2D eigenvalue weighted by Crippen LogP contribution is -2.15. The smallest absolute Gasteiger partial charge is 0.341 e. The van der Waals surface area contributed by atoms with Crippen LogP contribution in [0.2, 0.25) is 0 Å². The number of aromatic carboxylic acids is 1. The lowest BCUT2D eigenvalue weighted by Gasteiger charge is -2.05. The van der Waals surface area contributed by atoms with Crippen LogP contribution in [0.5, 0.6) is 0 Å². The fourth-order valence-electron chi connectivity index (χ4n) is 1.63. The van der Waals surface area contributed by atoms with Gasteiger partial charge in [-0.1, -0.05) is 6.07 Å². The van der Waals surface area contributed by atoms with Crippen molar-refractivity contribution in [3.8, 4) is 0 Å². The summed E-state index contributed by atoms with van der Waals surface area (Å²) < 4.78 is 1.35. The van der Waals surface area contributed by atoms with Crippen molar-refractivity contribution in [3.63, 3.8) is 0 Å². The number of hydrogen-bond acceptors (Lipinski definition) is 4. The highest BCUT2D eigenvalue weighted by Gasteiger charge is 2.21. The maximum absolute atomic E-state index is 11.9. The average Bonchev–Trinajstić information content (AvgIpc) is 2.87. The minimum atomic E-state index is -1.11. The number of nitrogens with zero attached hydrogens (tertiary/aromatic N) is 2. The van der Waals surface area contributed by atoms with Crippen LogP contribution in [0.4, 0.5) is 5.82 Å². The Hall–Kier alpha value is -2.15. The van der Waals surface area contributed by atoms with E-state index in [1.165, 1.54) is 16.0 Å². The van der Waals surface area contributed by atoms with Crippen molar-refractivity contribution in [2.45, 2.75) is 6.92 Å². The Bertz CT molecular complexity index is 601. The number of carboxylic acid groups (broad SMARTS) is 1. The van der Waals surface area contributed by atoms with Gasteiger partial charge in [0.15, 0.2) is 0 Å². The fourth-order valence-corrected chi connectivity index (χ4v) is 2.25. The number of aromatic nitrogens is 2. The SMILES string of the molecule is Cc1nn(C)c(NC(=O)c2cccs2)c1C(=O)O. The van der Waals surface area contributed by atoms with Crippen molar-refractivity contribution in [3.05, 3.63) is 33.6 Å². The molecule has 0 atom stereocenters. The van der Waals surface area contributed by atoms with Gasteiger partial charge in [0.1, 0.15) is 11.4 Å². The molecule has 2 rings (SSSR count). The first-order valence-electron chi connectivity index (χ1n) is 5.12. The number of aryl methyl sites for hydroxylation is 2. The van der Waals surface area contributed by atoms with Crippen LogP contribution in [0.25, 0.3) is 0 Å². The van der Waals surface area contributed by atoms with E-state index in [4.69, 9.17) is 5.11 Å². The van der Waals surface area contributed by atoms with Crippen LogP contribution >= 0.6 is 11.3 Å². The van der Waals surface area contributed by atoms with Gasteiger partial charge in [0.2, 0.25) is 0 Å². The predicted octanol–water partition coefficient (Wildman–Crippen LogP) is 1.74. The van der Waals surface area contributed by atoms with Gasteiger partial charge in [-0.05, 0) is 18.4 Å². The molecule has 94 valence electrons. The summed E-state index contributed by atoms with van der Waals surface area (Å²) >= 11 is 1.29. The van der Waals surface area contributed by atoms with Crippen molar-refractivity contribution in [1.29, 1.82) is 0 Å². The van der Waals surface area contributed by atoms with Gasteiger partial charge in [-0.2, -0.15) is 5.10 Å². The van der Waals surface area contributed by atoms with E-state index in [1.54, 1.807) is 31.5 Å². The van der Waals surface area contributed by atoms with Crippen LogP contribution in [0.3, 0.4) is 0 Å². The van der Waals surface area contributed by atoms with E-state index in [1.807, 2.05) is 0 Å². The number of thiophene rings is 1. The standard InChI is InChI=1S/C11H11N3O3S/c1-6-8(11(16)17)9(14(2)13-6)12-10(15)7-4-3-5-18-7/h3-5H,1-2H3,(H,12,15)(H,16,17). The monoisotopic (exact) mass is 265 g/mol. The Morgan fingerprint density at radius 1 is 1.50 bits per heavy atom. The summed E-state index contributed by atoms with van der Waals surface area (Å²) in [5.41, 5.74) is 0.383. The highest BCUT2D eigenvalue weighted by Crippen LogP contribution is 2.20.